The fraction of sp³-hybridized carbons (Fsp3) is 0. The fourth-order valence-electron chi connectivity index (χ4n) is 2.39. The van der Waals surface area contributed by atoms with Gasteiger partial charge in [0.05, 0.1) is 0 Å². The third-order valence-electron chi connectivity index (χ3n) is 3.14. The molecule has 0 radical (unpaired) electrons. The Hall–Kier alpha value is -1.70. The van der Waals surface area contributed by atoms with E-state index in [0.717, 1.165) is 11.0 Å². The van der Waals surface area contributed by atoms with Gasteiger partial charge in [-0.05, 0) is 0 Å². The first kappa shape index (κ1) is 9.34. The van der Waals surface area contributed by atoms with Crippen LogP contribution in [-0.4, -0.2) is 22.9 Å². The zero-order valence-corrected chi connectivity index (χ0v) is 10.6. The summed E-state index contributed by atoms with van der Waals surface area (Å²) in [5.41, 5.74) is 2.17. The van der Waals surface area contributed by atoms with Crippen molar-refractivity contribution in [1.29, 1.82) is 0 Å². The van der Waals surface area contributed by atoms with Crippen LogP contribution in [0.4, 0.5) is 0 Å². The average Bonchev–Trinajstić information content (AvgIpc) is 2.89. The molecular formula is C14H8N2Se. The Kier molecular flexibility index (Phi) is 1.86. The quantitative estimate of drug-likeness (QED) is 0.366. The van der Waals surface area contributed by atoms with Gasteiger partial charge in [0.15, 0.2) is 0 Å². The second-order valence-corrected chi connectivity index (χ2v) is 5.16. The van der Waals surface area contributed by atoms with Crippen LogP contribution in [0.5, 0.6) is 0 Å². The zero-order chi connectivity index (χ0) is 11.2. The van der Waals surface area contributed by atoms with Crippen molar-refractivity contribution in [1.82, 2.24) is 7.96 Å². The molecule has 0 bridgehead atoms. The van der Waals surface area contributed by atoms with Gasteiger partial charge < -0.3 is 0 Å². The summed E-state index contributed by atoms with van der Waals surface area (Å²) in [6.07, 6.45) is 0. The standard InChI is InChI=1S/C14H8N2Se/c1-3-7-11-9(5-1)10-6-2-4-8-12(10)14-13(11)15-17-16-14/h1-8H. The van der Waals surface area contributed by atoms with E-state index in [-0.39, 0.29) is 15.0 Å². The first-order chi connectivity index (χ1) is 8.45. The van der Waals surface area contributed by atoms with Crippen molar-refractivity contribution in [2.75, 3.05) is 0 Å². The summed E-state index contributed by atoms with van der Waals surface area (Å²) < 4.78 is 9.15. The molecule has 2 nitrogen and oxygen atoms in total. The SMILES string of the molecule is c1ccc2c(c1)c1ccccc1c1n[se]nc21. The third-order valence-corrected chi connectivity index (χ3v) is 4.25. The van der Waals surface area contributed by atoms with Crippen LogP contribution < -0.4 is 0 Å². The molecule has 0 atom stereocenters. The molecule has 0 unspecified atom stereocenters. The molecule has 3 heteroatoms. The van der Waals surface area contributed by atoms with Gasteiger partial charge in [0.25, 0.3) is 0 Å². The summed E-state index contributed by atoms with van der Waals surface area (Å²) in [4.78, 5) is 0. The Labute approximate surface area is 104 Å². The normalized spacial score (nSPS) is 11.5. The van der Waals surface area contributed by atoms with E-state index in [9.17, 15) is 0 Å². The van der Waals surface area contributed by atoms with Crippen LogP contribution >= 0.6 is 0 Å². The van der Waals surface area contributed by atoms with Crippen molar-refractivity contribution in [2.45, 2.75) is 0 Å². The van der Waals surface area contributed by atoms with Crippen molar-refractivity contribution in [2.24, 2.45) is 0 Å². The third kappa shape index (κ3) is 1.21. The van der Waals surface area contributed by atoms with Gasteiger partial charge in [0.1, 0.15) is 0 Å². The Morgan fingerprint density at radius 2 is 1.00 bits per heavy atom. The molecule has 1 aromatic heterocycles. The monoisotopic (exact) mass is 284 g/mol. The summed E-state index contributed by atoms with van der Waals surface area (Å²) >= 11 is 0.0230. The molecule has 0 aliphatic heterocycles. The van der Waals surface area contributed by atoms with Gasteiger partial charge in [0, 0.05) is 0 Å². The molecule has 0 amide bonds. The topological polar surface area (TPSA) is 25.8 Å². The molecule has 0 saturated carbocycles. The van der Waals surface area contributed by atoms with Gasteiger partial charge >= 0.3 is 104 Å². The summed E-state index contributed by atoms with van der Waals surface area (Å²) in [7, 11) is 0. The Morgan fingerprint density at radius 3 is 1.47 bits per heavy atom. The number of benzene rings is 3. The number of hydrogen-bond donors (Lipinski definition) is 0. The van der Waals surface area contributed by atoms with Gasteiger partial charge in [-0.15, -0.1) is 0 Å². The van der Waals surface area contributed by atoms with Crippen molar-refractivity contribution < 1.29 is 0 Å². The Morgan fingerprint density at radius 1 is 0.588 bits per heavy atom. The molecule has 0 aliphatic rings. The predicted octanol–water partition coefficient (Wildman–Crippen LogP) is 2.99. The number of fused-ring (bicyclic) bond motifs is 6. The van der Waals surface area contributed by atoms with Crippen LogP contribution in [0.25, 0.3) is 32.6 Å². The molecule has 0 aliphatic carbocycles. The fourth-order valence-corrected chi connectivity index (χ4v) is 3.59. The van der Waals surface area contributed by atoms with Crippen LogP contribution in [0.15, 0.2) is 48.5 Å². The maximum atomic E-state index is 4.57. The molecule has 0 spiro atoms. The van der Waals surface area contributed by atoms with E-state index in [0.29, 0.717) is 0 Å². The van der Waals surface area contributed by atoms with Crippen LogP contribution in [0, 0.1) is 0 Å². The average molecular weight is 283 g/mol. The second-order valence-electron chi connectivity index (χ2n) is 4.05. The van der Waals surface area contributed by atoms with E-state index in [2.05, 4.69) is 56.5 Å². The van der Waals surface area contributed by atoms with E-state index >= 15 is 0 Å². The predicted molar refractivity (Wildman–Crippen MR) is 71.5 cm³/mol. The summed E-state index contributed by atoms with van der Waals surface area (Å²) in [5.74, 6) is 0. The van der Waals surface area contributed by atoms with Gasteiger partial charge in [-0.25, -0.2) is 0 Å². The molecular weight excluding hydrogens is 275 g/mol. The van der Waals surface area contributed by atoms with Gasteiger partial charge in [-0.3, -0.25) is 0 Å². The number of nitrogens with zero attached hydrogens (tertiary/aromatic N) is 2. The summed E-state index contributed by atoms with van der Waals surface area (Å²) in [6.45, 7) is 0. The summed E-state index contributed by atoms with van der Waals surface area (Å²) in [6, 6.07) is 16.9. The van der Waals surface area contributed by atoms with Crippen molar-refractivity contribution in [3.05, 3.63) is 48.5 Å². The molecule has 80 valence electrons. The number of aromatic nitrogens is 2. The van der Waals surface area contributed by atoms with E-state index in [4.69, 9.17) is 0 Å². The van der Waals surface area contributed by atoms with Crippen LogP contribution in [-0.2, 0) is 0 Å². The van der Waals surface area contributed by atoms with E-state index in [1.54, 1.807) is 0 Å². The van der Waals surface area contributed by atoms with Crippen molar-refractivity contribution in [3.63, 3.8) is 0 Å². The molecule has 0 saturated heterocycles. The molecule has 0 fully saturated rings. The molecule has 3 aromatic carbocycles. The second kappa shape index (κ2) is 3.39. The minimum atomic E-state index is 0.0230. The van der Waals surface area contributed by atoms with Crippen LogP contribution in [0.2, 0.25) is 0 Å². The molecule has 1 heterocycles. The molecule has 0 N–H and O–H groups in total. The van der Waals surface area contributed by atoms with Crippen LogP contribution in [0.1, 0.15) is 0 Å². The van der Waals surface area contributed by atoms with E-state index in [1.807, 2.05) is 0 Å². The number of rotatable bonds is 0. The zero-order valence-electron chi connectivity index (χ0n) is 8.92. The van der Waals surface area contributed by atoms with Crippen LogP contribution in [0.3, 0.4) is 0 Å². The molecule has 4 rings (SSSR count). The Bertz CT molecular complexity index is 779. The van der Waals surface area contributed by atoms with Crippen molar-refractivity contribution in [3.8, 4) is 0 Å². The van der Waals surface area contributed by atoms with Gasteiger partial charge in [-0.2, -0.15) is 0 Å². The van der Waals surface area contributed by atoms with E-state index < -0.39 is 0 Å². The van der Waals surface area contributed by atoms with Gasteiger partial charge in [-0.1, -0.05) is 0 Å². The van der Waals surface area contributed by atoms with E-state index in [1.165, 1.54) is 21.5 Å². The maximum absolute atomic E-state index is 4.57. The molecule has 17 heavy (non-hydrogen) atoms. The minimum absolute atomic E-state index is 0.0230. The molecule has 4 aromatic rings. The first-order valence-corrected chi connectivity index (χ1v) is 7.00. The van der Waals surface area contributed by atoms with Crippen molar-refractivity contribution >= 4 is 47.5 Å². The van der Waals surface area contributed by atoms with Gasteiger partial charge in [0.2, 0.25) is 0 Å². The Balaban J connectivity index is 2.48. The summed E-state index contributed by atoms with van der Waals surface area (Å²) in [5, 5.41) is 5.01. The number of hydrogen-bond acceptors (Lipinski definition) is 2. The first-order valence-electron chi connectivity index (χ1n) is 5.47.